The third-order valence-corrected chi connectivity index (χ3v) is 4.83. The lowest BCUT2D eigenvalue weighted by atomic mass is 9.63. The topological polar surface area (TPSA) is 49.3 Å². The van der Waals surface area contributed by atoms with E-state index in [4.69, 9.17) is 0 Å². The van der Waals surface area contributed by atoms with E-state index in [9.17, 15) is 9.90 Å². The average Bonchev–Trinajstić information content (AvgIpc) is 2.34. The Morgan fingerprint density at radius 2 is 1.74 bits per heavy atom. The van der Waals surface area contributed by atoms with E-state index in [1.165, 1.54) is 0 Å². The summed E-state index contributed by atoms with van der Waals surface area (Å²) in [5.41, 5.74) is 0.123. The van der Waals surface area contributed by atoms with Crippen molar-refractivity contribution in [2.24, 2.45) is 0 Å². The van der Waals surface area contributed by atoms with Crippen LogP contribution in [0.4, 0.5) is 0 Å². The Kier molecular flexibility index (Phi) is 3.09. The zero-order valence-electron chi connectivity index (χ0n) is 11.2. The maximum atomic E-state index is 12.5. The highest BCUT2D eigenvalue weighted by Crippen LogP contribution is 2.44. The second kappa shape index (κ2) is 4.64. The molecule has 19 heavy (non-hydrogen) atoms. The molecule has 1 amide bonds. The highest BCUT2D eigenvalue weighted by atomic mass is 16.3. The number of hydrogen-bond donors (Lipinski definition) is 2. The summed E-state index contributed by atoms with van der Waals surface area (Å²) in [6.45, 7) is 0.403. The molecule has 3 heteroatoms. The van der Waals surface area contributed by atoms with Gasteiger partial charge >= 0.3 is 0 Å². The van der Waals surface area contributed by atoms with Gasteiger partial charge in [-0.15, -0.1) is 0 Å². The highest BCUT2D eigenvalue weighted by molar-refractivity contribution is 5.89. The van der Waals surface area contributed by atoms with Crippen molar-refractivity contribution in [1.29, 1.82) is 0 Å². The van der Waals surface area contributed by atoms with Gasteiger partial charge in [0.25, 0.3) is 0 Å². The molecule has 102 valence electrons. The van der Waals surface area contributed by atoms with Crippen LogP contribution < -0.4 is 5.32 Å². The van der Waals surface area contributed by atoms with Crippen LogP contribution in [0.2, 0.25) is 0 Å². The molecule has 2 aliphatic carbocycles. The van der Waals surface area contributed by atoms with Gasteiger partial charge in [-0.2, -0.15) is 0 Å². The molecule has 0 heterocycles. The Labute approximate surface area is 114 Å². The van der Waals surface area contributed by atoms with Gasteiger partial charge in [0.2, 0.25) is 5.91 Å². The quantitative estimate of drug-likeness (QED) is 0.870. The van der Waals surface area contributed by atoms with Crippen LogP contribution in [-0.2, 0) is 10.2 Å². The van der Waals surface area contributed by atoms with E-state index in [0.717, 1.165) is 44.1 Å². The molecule has 0 radical (unpaired) electrons. The second-order valence-corrected chi connectivity index (χ2v) is 6.06. The van der Waals surface area contributed by atoms with E-state index in [0.29, 0.717) is 6.54 Å². The summed E-state index contributed by atoms with van der Waals surface area (Å²) in [7, 11) is 0. The number of hydrogen-bond acceptors (Lipinski definition) is 2. The van der Waals surface area contributed by atoms with E-state index in [2.05, 4.69) is 5.32 Å². The fourth-order valence-corrected chi connectivity index (χ4v) is 3.11. The van der Waals surface area contributed by atoms with Crippen LogP contribution in [0.15, 0.2) is 30.3 Å². The van der Waals surface area contributed by atoms with Gasteiger partial charge in [-0.1, -0.05) is 36.8 Å². The van der Waals surface area contributed by atoms with E-state index < -0.39 is 5.60 Å². The van der Waals surface area contributed by atoms with Crippen molar-refractivity contribution in [2.45, 2.75) is 49.5 Å². The fourth-order valence-electron chi connectivity index (χ4n) is 3.11. The minimum absolute atomic E-state index is 0.0882. The molecule has 0 aromatic heterocycles. The summed E-state index contributed by atoms with van der Waals surface area (Å²) in [5.74, 6) is 0.0882. The molecule has 0 atom stereocenters. The molecule has 3 nitrogen and oxygen atoms in total. The zero-order chi connectivity index (χ0) is 13.3. The molecule has 2 aliphatic rings. The lowest BCUT2D eigenvalue weighted by Crippen LogP contribution is -2.54. The first-order valence-electron chi connectivity index (χ1n) is 7.21. The number of amides is 1. The molecule has 3 rings (SSSR count). The van der Waals surface area contributed by atoms with Gasteiger partial charge in [0.15, 0.2) is 0 Å². The molecule has 2 N–H and O–H groups in total. The maximum absolute atomic E-state index is 12.5. The molecule has 1 aromatic rings. The number of carbonyl (C=O) groups is 1. The van der Waals surface area contributed by atoms with Gasteiger partial charge in [-0.25, -0.2) is 0 Å². The molecule has 2 fully saturated rings. The predicted molar refractivity (Wildman–Crippen MR) is 73.8 cm³/mol. The molecule has 0 spiro atoms. The summed E-state index contributed by atoms with van der Waals surface area (Å²) in [6, 6.07) is 10.0. The van der Waals surface area contributed by atoms with Crippen molar-refractivity contribution in [3.8, 4) is 0 Å². The van der Waals surface area contributed by atoms with E-state index in [1.807, 2.05) is 30.3 Å². The molecule has 0 bridgehead atoms. The SMILES string of the molecule is O=C(NCC1(O)CCC1)C1(c2ccccc2)CCC1. The molecule has 0 aliphatic heterocycles. The Morgan fingerprint density at radius 1 is 1.11 bits per heavy atom. The monoisotopic (exact) mass is 259 g/mol. The van der Waals surface area contributed by atoms with Crippen molar-refractivity contribution in [3.05, 3.63) is 35.9 Å². The van der Waals surface area contributed by atoms with Gasteiger partial charge in [0.1, 0.15) is 0 Å². The van der Waals surface area contributed by atoms with Crippen LogP contribution >= 0.6 is 0 Å². The Balaban J connectivity index is 1.70. The first-order valence-corrected chi connectivity index (χ1v) is 7.21. The normalized spacial score (nSPS) is 23.0. The van der Waals surface area contributed by atoms with E-state index in [-0.39, 0.29) is 11.3 Å². The van der Waals surface area contributed by atoms with Crippen molar-refractivity contribution >= 4 is 5.91 Å². The molecule has 0 saturated heterocycles. The highest BCUT2D eigenvalue weighted by Gasteiger charge is 2.46. The van der Waals surface area contributed by atoms with E-state index in [1.54, 1.807) is 0 Å². The third kappa shape index (κ3) is 2.16. The first kappa shape index (κ1) is 12.7. The molecular formula is C16H21NO2. The largest absolute Gasteiger partial charge is 0.388 e. The van der Waals surface area contributed by atoms with E-state index >= 15 is 0 Å². The zero-order valence-corrected chi connectivity index (χ0v) is 11.2. The summed E-state index contributed by atoms with van der Waals surface area (Å²) >= 11 is 0. The Bertz CT molecular complexity index is 461. The van der Waals surface area contributed by atoms with Gasteiger partial charge in [-0.3, -0.25) is 4.79 Å². The number of benzene rings is 1. The molecule has 1 aromatic carbocycles. The molecule has 2 saturated carbocycles. The van der Waals surface area contributed by atoms with Crippen molar-refractivity contribution in [3.63, 3.8) is 0 Å². The lowest BCUT2D eigenvalue weighted by molar-refractivity contribution is -0.132. The average molecular weight is 259 g/mol. The van der Waals surface area contributed by atoms with Crippen molar-refractivity contribution < 1.29 is 9.90 Å². The number of carbonyl (C=O) groups excluding carboxylic acids is 1. The van der Waals surface area contributed by atoms with Gasteiger partial charge in [-0.05, 0) is 37.7 Å². The maximum Gasteiger partial charge on any atom is 0.230 e. The summed E-state index contributed by atoms with van der Waals surface area (Å²) in [4.78, 5) is 12.5. The van der Waals surface area contributed by atoms with Gasteiger partial charge in [0, 0.05) is 6.54 Å². The first-order chi connectivity index (χ1) is 9.15. The van der Waals surface area contributed by atoms with Crippen LogP contribution in [0.5, 0.6) is 0 Å². The lowest BCUT2D eigenvalue weighted by Gasteiger charge is -2.43. The Hall–Kier alpha value is -1.35. The summed E-state index contributed by atoms with van der Waals surface area (Å²) in [6.07, 6.45) is 5.63. The van der Waals surface area contributed by atoms with Crippen LogP contribution in [0.1, 0.15) is 44.1 Å². The predicted octanol–water partition coefficient (Wildman–Crippen LogP) is 2.14. The van der Waals surface area contributed by atoms with Crippen molar-refractivity contribution in [1.82, 2.24) is 5.32 Å². The number of aliphatic hydroxyl groups is 1. The Morgan fingerprint density at radius 3 is 2.21 bits per heavy atom. The summed E-state index contributed by atoms with van der Waals surface area (Å²) in [5, 5.41) is 13.0. The second-order valence-electron chi connectivity index (χ2n) is 6.06. The van der Waals surface area contributed by atoms with Crippen LogP contribution in [0, 0.1) is 0 Å². The number of rotatable bonds is 4. The van der Waals surface area contributed by atoms with Crippen molar-refractivity contribution in [2.75, 3.05) is 6.54 Å². The third-order valence-electron chi connectivity index (χ3n) is 4.83. The van der Waals surface area contributed by atoms with Gasteiger partial charge < -0.3 is 10.4 Å². The fraction of sp³-hybridized carbons (Fsp3) is 0.562. The van der Waals surface area contributed by atoms with Crippen LogP contribution in [0.25, 0.3) is 0 Å². The molecule has 0 unspecified atom stereocenters. The van der Waals surface area contributed by atoms with Gasteiger partial charge in [0.05, 0.1) is 11.0 Å². The summed E-state index contributed by atoms with van der Waals surface area (Å²) < 4.78 is 0. The number of nitrogens with one attached hydrogen (secondary N) is 1. The minimum atomic E-state index is -0.642. The standard InChI is InChI=1S/C16H21NO2/c18-14(17-12-15(19)8-4-9-15)16(10-5-11-16)13-6-2-1-3-7-13/h1-3,6-7,19H,4-5,8-12H2,(H,17,18). The molecular weight excluding hydrogens is 238 g/mol. The van der Waals surface area contributed by atoms with Crippen LogP contribution in [0.3, 0.4) is 0 Å². The van der Waals surface area contributed by atoms with Crippen LogP contribution in [-0.4, -0.2) is 23.2 Å². The minimum Gasteiger partial charge on any atom is -0.388 e. The smallest absolute Gasteiger partial charge is 0.230 e.